The Hall–Kier alpha value is -2.62. The van der Waals surface area contributed by atoms with Crippen molar-refractivity contribution in [3.8, 4) is 11.5 Å². The zero-order chi connectivity index (χ0) is 12.8. The van der Waals surface area contributed by atoms with E-state index in [-0.39, 0.29) is 0 Å². The molecule has 1 N–H and O–H groups in total. The van der Waals surface area contributed by atoms with Gasteiger partial charge in [0.25, 0.3) is 0 Å². The molecule has 0 bridgehead atoms. The highest BCUT2D eigenvalue weighted by atomic mass is 16.5. The van der Waals surface area contributed by atoms with Crippen molar-refractivity contribution in [1.82, 2.24) is 9.97 Å². The Morgan fingerprint density at radius 1 is 1.05 bits per heavy atom. The minimum Gasteiger partial charge on any atom is -0.451 e. The van der Waals surface area contributed by atoms with Crippen molar-refractivity contribution in [2.24, 2.45) is 0 Å². The zero-order valence-corrected chi connectivity index (χ0v) is 10.3. The third-order valence-corrected chi connectivity index (χ3v) is 3.18. The Kier molecular flexibility index (Phi) is 2.00. The molecule has 0 radical (unpaired) electrons. The van der Waals surface area contributed by atoms with E-state index in [1.165, 1.54) is 0 Å². The van der Waals surface area contributed by atoms with Crippen molar-refractivity contribution in [3.63, 3.8) is 0 Å². The molecule has 4 heteroatoms. The number of aryl methyl sites for hydroxylation is 1. The lowest BCUT2D eigenvalue weighted by Crippen LogP contribution is -2.04. The minimum atomic E-state index is 0.711. The second kappa shape index (κ2) is 3.68. The summed E-state index contributed by atoms with van der Waals surface area (Å²) in [5.74, 6) is 1.52. The number of ether oxygens (including phenoxy) is 1. The van der Waals surface area contributed by atoms with Crippen molar-refractivity contribution < 1.29 is 4.74 Å². The number of nitrogens with zero attached hydrogens (tertiary/aromatic N) is 2. The van der Waals surface area contributed by atoms with Crippen LogP contribution < -0.4 is 10.1 Å². The number of rotatable bonds is 0. The smallest absolute Gasteiger partial charge is 0.171 e. The molecule has 2 aromatic heterocycles. The first-order chi connectivity index (χ1) is 9.31. The van der Waals surface area contributed by atoms with E-state index in [2.05, 4.69) is 15.3 Å². The van der Waals surface area contributed by atoms with Gasteiger partial charge in [0, 0.05) is 6.20 Å². The van der Waals surface area contributed by atoms with Gasteiger partial charge in [-0.1, -0.05) is 12.1 Å². The fourth-order valence-corrected chi connectivity index (χ4v) is 2.26. The summed E-state index contributed by atoms with van der Waals surface area (Å²) >= 11 is 0. The maximum absolute atomic E-state index is 5.85. The first kappa shape index (κ1) is 10.3. The zero-order valence-electron chi connectivity index (χ0n) is 10.3. The summed E-state index contributed by atoms with van der Waals surface area (Å²) in [4.78, 5) is 8.86. The molecule has 0 unspecified atom stereocenters. The predicted molar refractivity (Wildman–Crippen MR) is 74.1 cm³/mol. The maximum atomic E-state index is 5.85. The highest BCUT2D eigenvalue weighted by Gasteiger charge is 2.19. The molecule has 4 rings (SSSR count). The summed E-state index contributed by atoms with van der Waals surface area (Å²) in [5, 5.41) is 3.38. The van der Waals surface area contributed by atoms with Gasteiger partial charge in [0.2, 0.25) is 0 Å². The third kappa shape index (κ3) is 1.53. The lowest BCUT2D eigenvalue weighted by Gasteiger charge is -2.22. The largest absolute Gasteiger partial charge is 0.451 e. The molecule has 92 valence electrons. The lowest BCUT2D eigenvalue weighted by atomic mass is 10.2. The number of nitrogens with one attached hydrogen (secondary N) is 1. The van der Waals surface area contributed by atoms with E-state index in [9.17, 15) is 0 Å². The van der Waals surface area contributed by atoms with E-state index in [0.29, 0.717) is 5.75 Å². The van der Waals surface area contributed by atoms with E-state index in [1.54, 1.807) is 6.20 Å². The number of aromatic nitrogens is 2. The topological polar surface area (TPSA) is 47.0 Å². The molecule has 3 heterocycles. The van der Waals surface area contributed by atoms with Gasteiger partial charge in [0.1, 0.15) is 11.2 Å². The molecule has 0 aliphatic carbocycles. The van der Waals surface area contributed by atoms with Gasteiger partial charge in [-0.15, -0.1) is 0 Å². The van der Waals surface area contributed by atoms with Crippen molar-refractivity contribution in [1.29, 1.82) is 0 Å². The molecule has 1 aromatic carbocycles. The van der Waals surface area contributed by atoms with E-state index < -0.39 is 0 Å². The Balaban J connectivity index is 1.96. The quantitative estimate of drug-likeness (QED) is 0.515. The van der Waals surface area contributed by atoms with Crippen LogP contribution in [0.1, 0.15) is 5.56 Å². The van der Waals surface area contributed by atoms with E-state index >= 15 is 0 Å². The summed E-state index contributed by atoms with van der Waals surface area (Å²) < 4.78 is 5.85. The normalized spacial score (nSPS) is 12.3. The van der Waals surface area contributed by atoms with Crippen LogP contribution in [0, 0.1) is 6.92 Å². The van der Waals surface area contributed by atoms with Crippen LogP contribution in [-0.2, 0) is 0 Å². The monoisotopic (exact) mass is 249 g/mol. The maximum Gasteiger partial charge on any atom is 0.171 e. The van der Waals surface area contributed by atoms with Crippen LogP contribution in [0.15, 0.2) is 42.7 Å². The lowest BCUT2D eigenvalue weighted by molar-refractivity contribution is 0.480. The van der Waals surface area contributed by atoms with E-state index in [0.717, 1.165) is 33.7 Å². The summed E-state index contributed by atoms with van der Waals surface area (Å²) in [7, 11) is 0. The summed E-state index contributed by atoms with van der Waals surface area (Å²) in [6.07, 6.45) is 3.58. The SMILES string of the molecule is Cc1cnc2c3c(cnc2c1)Oc1ccccc1N3. The van der Waals surface area contributed by atoms with E-state index in [1.807, 2.05) is 43.5 Å². The molecule has 0 fully saturated rings. The van der Waals surface area contributed by atoms with Gasteiger partial charge < -0.3 is 10.1 Å². The fourth-order valence-electron chi connectivity index (χ4n) is 2.26. The van der Waals surface area contributed by atoms with Gasteiger partial charge in [0.15, 0.2) is 11.5 Å². The highest BCUT2D eigenvalue weighted by Crippen LogP contribution is 2.43. The number of pyridine rings is 2. The molecule has 19 heavy (non-hydrogen) atoms. The molecule has 0 atom stereocenters. The first-order valence-electron chi connectivity index (χ1n) is 6.10. The van der Waals surface area contributed by atoms with Crippen molar-refractivity contribution >= 4 is 22.4 Å². The summed E-state index contributed by atoms with van der Waals surface area (Å²) in [6.45, 7) is 2.01. The van der Waals surface area contributed by atoms with Crippen LogP contribution in [0.5, 0.6) is 11.5 Å². The van der Waals surface area contributed by atoms with Crippen molar-refractivity contribution in [2.75, 3.05) is 5.32 Å². The molecule has 0 saturated carbocycles. The summed E-state index contributed by atoms with van der Waals surface area (Å²) in [6, 6.07) is 9.85. The molecule has 1 aliphatic rings. The van der Waals surface area contributed by atoms with Crippen molar-refractivity contribution in [2.45, 2.75) is 6.92 Å². The predicted octanol–water partition coefficient (Wildman–Crippen LogP) is 3.79. The Morgan fingerprint density at radius 2 is 1.95 bits per heavy atom. The number of hydrogen-bond donors (Lipinski definition) is 1. The standard InChI is InChI=1S/C15H11N3O/c1-9-6-11-14(17-7-9)15-13(8-16-11)19-12-5-3-2-4-10(12)18-15/h2-8,18H,1H3. The van der Waals surface area contributed by atoms with Gasteiger partial charge in [-0.25, -0.2) is 0 Å². The Bertz CT molecular complexity index is 798. The molecule has 1 aliphatic heterocycles. The molecular weight excluding hydrogens is 238 g/mol. The van der Waals surface area contributed by atoms with Crippen LogP contribution in [0.25, 0.3) is 11.0 Å². The van der Waals surface area contributed by atoms with Gasteiger partial charge >= 0.3 is 0 Å². The highest BCUT2D eigenvalue weighted by molar-refractivity contribution is 5.95. The fraction of sp³-hybridized carbons (Fsp3) is 0.0667. The molecule has 3 aromatic rings. The molecule has 0 saturated heterocycles. The van der Waals surface area contributed by atoms with Gasteiger partial charge in [-0.3, -0.25) is 9.97 Å². The van der Waals surface area contributed by atoms with Crippen LogP contribution in [0.2, 0.25) is 0 Å². The Morgan fingerprint density at radius 3 is 2.89 bits per heavy atom. The first-order valence-corrected chi connectivity index (χ1v) is 6.10. The van der Waals surface area contributed by atoms with Gasteiger partial charge in [-0.2, -0.15) is 0 Å². The number of benzene rings is 1. The molecule has 0 amide bonds. The number of para-hydroxylation sites is 2. The Labute approximate surface area is 110 Å². The van der Waals surface area contributed by atoms with E-state index in [4.69, 9.17) is 4.74 Å². The van der Waals surface area contributed by atoms with Gasteiger partial charge in [0.05, 0.1) is 17.4 Å². The van der Waals surface area contributed by atoms with Crippen LogP contribution in [0.4, 0.5) is 11.4 Å². The minimum absolute atomic E-state index is 0.711. The van der Waals surface area contributed by atoms with Crippen molar-refractivity contribution in [3.05, 3.63) is 48.3 Å². The number of anilines is 2. The molecule has 4 nitrogen and oxygen atoms in total. The van der Waals surface area contributed by atoms with Gasteiger partial charge in [-0.05, 0) is 30.7 Å². The third-order valence-electron chi connectivity index (χ3n) is 3.18. The van der Waals surface area contributed by atoms with Crippen LogP contribution in [0.3, 0.4) is 0 Å². The average molecular weight is 249 g/mol. The van der Waals surface area contributed by atoms with Crippen LogP contribution >= 0.6 is 0 Å². The second-order valence-corrected chi connectivity index (χ2v) is 4.60. The number of hydrogen-bond acceptors (Lipinski definition) is 4. The second-order valence-electron chi connectivity index (χ2n) is 4.60. The summed E-state index contributed by atoms with van der Waals surface area (Å²) in [5.41, 5.74) is 4.62. The molecule has 0 spiro atoms. The number of fused-ring (bicyclic) bond motifs is 4. The van der Waals surface area contributed by atoms with Crippen LogP contribution in [-0.4, -0.2) is 9.97 Å². The molecular formula is C15H11N3O. The average Bonchev–Trinajstić information content (AvgIpc) is 2.44.